The number of rotatable bonds is 4. The minimum absolute atomic E-state index is 0.303. The molecule has 0 bridgehead atoms. The van der Waals surface area contributed by atoms with Gasteiger partial charge in [0, 0.05) is 16.8 Å². The van der Waals surface area contributed by atoms with Crippen LogP contribution in [0.1, 0.15) is 33.6 Å². The summed E-state index contributed by atoms with van der Waals surface area (Å²) in [6, 6.07) is 0. The molecule has 1 N–H and O–H groups in total. The van der Waals surface area contributed by atoms with Crippen LogP contribution >= 0.6 is 11.3 Å². The molecule has 0 aliphatic heterocycles. The number of aryl methyl sites for hydroxylation is 1. The lowest BCUT2D eigenvalue weighted by molar-refractivity contribution is -0.141. The molecule has 112 valence electrons. The van der Waals surface area contributed by atoms with Gasteiger partial charge in [-0.1, -0.05) is 0 Å². The van der Waals surface area contributed by atoms with Crippen molar-refractivity contribution in [3.05, 3.63) is 21.4 Å². The molecule has 1 aliphatic rings. The normalized spacial score (nSPS) is 15.0. The van der Waals surface area contributed by atoms with Crippen molar-refractivity contribution in [1.82, 2.24) is 4.90 Å². The molecule has 0 saturated heterocycles. The number of fused-ring (bicyclic) bond motifs is 1. The highest BCUT2D eigenvalue weighted by atomic mass is 32.1. The third-order valence-corrected chi connectivity index (χ3v) is 4.41. The van der Waals surface area contributed by atoms with Crippen LogP contribution in [0.4, 0.5) is 13.2 Å². The molecule has 1 amide bonds. The fraction of sp³-hybridized carbons (Fsp3) is 0.615. The molecule has 20 heavy (non-hydrogen) atoms. The van der Waals surface area contributed by atoms with Gasteiger partial charge in [0.15, 0.2) is 0 Å². The number of hydrogen-bond acceptors (Lipinski definition) is 3. The summed E-state index contributed by atoms with van der Waals surface area (Å²) in [4.78, 5) is 14.1. The molecule has 1 aromatic heterocycles. The first kappa shape index (κ1) is 15.3. The van der Waals surface area contributed by atoms with Crippen LogP contribution in [-0.2, 0) is 12.8 Å². The van der Waals surface area contributed by atoms with E-state index in [0.717, 1.165) is 36.1 Å². The lowest BCUT2D eigenvalue weighted by atomic mass is 9.95. The second-order valence-corrected chi connectivity index (χ2v) is 5.79. The highest BCUT2D eigenvalue weighted by Crippen LogP contribution is 2.31. The molecule has 2 rings (SSSR count). The van der Waals surface area contributed by atoms with Crippen molar-refractivity contribution in [2.24, 2.45) is 0 Å². The van der Waals surface area contributed by atoms with E-state index in [1.165, 1.54) is 11.3 Å². The largest absolute Gasteiger partial charge is 0.406 e. The van der Waals surface area contributed by atoms with Gasteiger partial charge in [-0.15, -0.1) is 11.3 Å². The van der Waals surface area contributed by atoms with Gasteiger partial charge in [0.2, 0.25) is 0 Å². The SMILES string of the molecule is O=C(c1csc2c1CCCC2)N(CCO)CC(F)(F)F. The Bertz CT molecular complexity index is 484. The van der Waals surface area contributed by atoms with E-state index in [1.807, 2.05) is 0 Å². The Balaban J connectivity index is 2.21. The molecule has 0 radical (unpaired) electrons. The maximum Gasteiger partial charge on any atom is 0.406 e. The third-order valence-electron chi connectivity index (χ3n) is 3.32. The Morgan fingerprint density at radius 3 is 2.70 bits per heavy atom. The summed E-state index contributed by atoms with van der Waals surface area (Å²) in [5, 5.41) is 10.5. The minimum atomic E-state index is -4.46. The van der Waals surface area contributed by atoms with E-state index >= 15 is 0 Å². The van der Waals surface area contributed by atoms with Gasteiger partial charge in [0.05, 0.1) is 12.2 Å². The van der Waals surface area contributed by atoms with Gasteiger partial charge in [-0.3, -0.25) is 4.79 Å². The van der Waals surface area contributed by atoms with Crippen LogP contribution in [0.25, 0.3) is 0 Å². The smallest absolute Gasteiger partial charge is 0.395 e. The lowest BCUT2D eigenvalue weighted by Crippen LogP contribution is -2.40. The van der Waals surface area contributed by atoms with Crippen LogP contribution in [0, 0.1) is 0 Å². The number of carbonyl (C=O) groups excluding carboxylic acids is 1. The van der Waals surface area contributed by atoms with Crippen molar-refractivity contribution >= 4 is 17.2 Å². The quantitative estimate of drug-likeness (QED) is 0.929. The molecule has 0 saturated carbocycles. The molecule has 0 fully saturated rings. The van der Waals surface area contributed by atoms with E-state index < -0.39 is 25.2 Å². The Labute approximate surface area is 119 Å². The summed E-state index contributed by atoms with van der Waals surface area (Å²) in [6.45, 7) is -2.10. The van der Waals surface area contributed by atoms with E-state index in [1.54, 1.807) is 5.38 Å². The van der Waals surface area contributed by atoms with Crippen molar-refractivity contribution in [1.29, 1.82) is 0 Å². The number of hydrogen-bond donors (Lipinski definition) is 1. The number of aliphatic hydroxyl groups excluding tert-OH is 1. The third kappa shape index (κ3) is 3.52. The van der Waals surface area contributed by atoms with Crippen molar-refractivity contribution < 1.29 is 23.1 Å². The molecule has 0 unspecified atom stereocenters. The lowest BCUT2D eigenvalue weighted by Gasteiger charge is -2.24. The summed E-state index contributed by atoms with van der Waals surface area (Å²) in [5.74, 6) is -0.629. The molecule has 3 nitrogen and oxygen atoms in total. The number of amides is 1. The summed E-state index contributed by atoms with van der Waals surface area (Å²) in [7, 11) is 0. The Kier molecular flexibility index (Phi) is 4.70. The second-order valence-electron chi connectivity index (χ2n) is 4.82. The number of carbonyl (C=O) groups is 1. The predicted octanol–water partition coefficient (Wildman–Crippen LogP) is 2.62. The first-order valence-corrected chi connectivity index (χ1v) is 7.36. The van der Waals surface area contributed by atoms with Crippen LogP contribution in [0.15, 0.2) is 5.38 Å². The first-order chi connectivity index (χ1) is 9.42. The van der Waals surface area contributed by atoms with Gasteiger partial charge in [-0.05, 0) is 31.2 Å². The number of nitrogens with zero attached hydrogens (tertiary/aromatic N) is 1. The average molecular weight is 307 g/mol. The Morgan fingerprint density at radius 2 is 2.05 bits per heavy atom. The molecular weight excluding hydrogens is 291 g/mol. The standard InChI is InChI=1S/C13H16F3NO2S/c14-13(15,16)8-17(5-6-18)12(19)10-7-20-11-4-2-1-3-9(10)11/h7,18H,1-6,8H2. The van der Waals surface area contributed by atoms with E-state index in [-0.39, 0.29) is 6.54 Å². The zero-order valence-corrected chi connectivity index (χ0v) is 11.7. The van der Waals surface area contributed by atoms with Crippen LogP contribution in [0.2, 0.25) is 0 Å². The topological polar surface area (TPSA) is 40.5 Å². The van der Waals surface area contributed by atoms with Crippen LogP contribution in [0.3, 0.4) is 0 Å². The van der Waals surface area contributed by atoms with Gasteiger partial charge >= 0.3 is 6.18 Å². The van der Waals surface area contributed by atoms with Crippen molar-refractivity contribution in [2.75, 3.05) is 19.7 Å². The zero-order valence-electron chi connectivity index (χ0n) is 10.9. The van der Waals surface area contributed by atoms with Crippen LogP contribution in [-0.4, -0.2) is 41.8 Å². The molecule has 0 aromatic carbocycles. The zero-order chi connectivity index (χ0) is 14.8. The number of alkyl halides is 3. The summed E-state index contributed by atoms with van der Waals surface area (Å²) < 4.78 is 37.5. The summed E-state index contributed by atoms with van der Waals surface area (Å²) in [5.41, 5.74) is 1.28. The fourth-order valence-electron chi connectivity index (χ4n) is 2.43. The van der Waals surface area contributed by atoms with E-state index in [2.05, 4.69) is 0 Å². The fourth-order valence-corrected chi connectivity index (χ4v) is 3.55. The van der Waals surface area contributed by atoms with Gasteiger partial charge < -0.3 is 10.0 Å². The van der Waals surface area contributed by atoms with E-state index in [9.17, 15) is 18.0 Å². The monoisotopic (exact) mass is 307 g/mol. The number of thiophene rings is 1. The molecule has 7 heteroatoms. The molecule has 1 aliphatic carbocycles. The van der Waals surface area contributed by atoms with Crippen molar-refractivity contribution in [3.8, 4) is 0 Å². The van der Waals surface area contributed by atoms with Crippen molar-refractivity contribution in [3.63, 3.8) is 0 Å². The van der Waals surface area contributed by atoms with E-state index in [0.29, 0.717) is 10.5 Å². The molecule has 1 heterocycles. The summed E-state index contributed by atoms with van der Waals surface area (Å²) in [6.07, 6.45) is -0.792. The van der Waals surface area contributed by atoms with Gasteiger partial charge in [0.1, 0.15) is 6.54 Å². The maximum atomic E-state index is 12.5. The molecule has 1 aromatic rings. The average Bonchev–Trinajstić information content (AvgIpc) is 2.79. The Hall–Kier alpha value is -1.08. The van der Waals surface area contributed by atoms with Gasteiger partial charge in [0.25, 0.3) is 5.91 Å². The van der Waals surface area contributed by atoms with Gasteiger partial charge in [-0.25, -0.2) is 0 Å². The van der Waals surface area contributed by atoms with Crippen LogP contribution < -0.4 is 0 Å². The Morgan fingerprint density at radius 1 is 1.35 bits per heavy atom. The molecule has 0 atom stereocenters. The first-order valence-electron chi connectivity index (χ1n) is 6.48. The number of aliphatic hydroxyl groups is 1. The summed E-state index contributed by atoms with van der Waals surface area (Å²) >= 11 is 1.44. The van der Waals surface area contributed by atoms with E-state index in [4.69, 9.17) is 5.11 Å². The number of halogens is 3. The van der Waals surface area contributed by atoms with Crippen LogP contribution in [0.5, 0.6) is 0 Å². The second kappa shape index (κ2) is 6.13. The maximum absolute atomic E-state index is 12.5. The minimum Gasteiger partial charge on any atom is -0.395 e. The predicted molar refractivity (Wildman–Crippen MR) is 70.0 cm³/mol. The van der Waals surface area contributed by atoms with Crippen molar-refractivity contribution in [2.45, 2.75) is 31.9 Å². The highest BCUT2D eigenvalue weighted by molar-refractivity contribution is 7.10. The van der Waals surface area contributed by atoms with Gasteiger partial charge in [-0.2, -0.15) is 13.2 Å². The highest BCUT2D eigenvalue weighted by Gasteiger charge is 2.34. The molecule has 0 spiro atoms. The molecular formula is C13H16F3NO2S.